The summed E-state index contributed by atoms with van der Waals surface area (Å²) in [5, 5.41) is 2.69. The van der Waals surface area contributed by atoms with Crippen LogP contribution in [-0.2, 0) is 16.4 Å². The monoisotopic (exact) mass is 249 g/mol. The molecular formula is C8H15N3O2S2. The number of sulfone groups is 1. The van der Waals surface area contributed by atoms with Crippen molar-refractivity contribution >= 4 is 26.3 Å². The molecule has 0 fully saturated rings. The lowest BCUT2D eigenvalue weighted by Gasteiger charge is -2.14. The Morgan fingerprint density at radius 2 is 2.27 bits per heavy atom. The van der Waals surface area contributed by atoms with Crippen LogP contribution in [0, 0.1) is 0 Å². The summed E-state index contributed by atoms with van der Waals surface area (Å²) in [6.07, 6.45) is 1.23. The van der Waals surface area contributed by atoms with Crippen LogP contribution in [0.2, 0.25) is 0 Å². The molecule has 0 amide bonds. The minimum Gasteiger partial charge on any atom is -0.350 e. The maximum absolute atomic E-state index is 11.0. The molecular weight excluding hydrogens is 234 g/mol. The lowest BCUT2D eigenvalue weighted by Crippen LogP contribution is -2.24. The highest BCUT2D eigenvalue weighted by Gasteiger charge is 2.09. The molecule has 0 aliphatic heterocycles. The fraction of sp³-hybridized carbons (Fsp3) is 0.625. The Hall–Kier alpha value is -0.660. The van der Waals surface area contributed by atoms with Gasteiger partial charge in [-0.3, -0.25) is 0 Å². The number of anilines is 1. The molecule has 1 aromatic rings. The highest BCUT2D eigenvalue weighted by Crippen LogP contribution is 2.18. The van der Waals surface area contributed by atoms with E-state index in [1.807, 2.05) is 17.3 Å². The van der Waals surface area contributed by atoms with Crippen molar-refractivity contribution in [3.63, 3.8) is 0 Å². The van der Waals surface area contributed by atoms with E-state index in [-0.39, 0.29) is 5.75 Å². The maximum atomic E-state index is 11.0. The summed E-state index contributed by atoms with van der Waals surface area (Å²) >= 11 is 1.47. The summed E-state index contributed by atoms with van der Waals surface area (Å²) in [5.74, 6) is 0.140. The van der Waals surface area contributed by atoms with Crippen molar-refractivity contribution < 1.29 is 8.42 Å². The fourth-order valence-corrected chi connectivity index (χ4v) is 2.40. The van der Waals surface area contributed by atoms with E-state index in [0.29, 0.717) is 13.1 Å². The molecule has 1 aromatic heterocycles. The summed E-state index contributed by atoms with van der Waals surface area (Å²) in [7, 11) is -1.09. The van der Waals surface area contributed by atoms with Gasteiger partial charge in [0.05, 0.1) is 11.4 Å². The molecule has 0 spiro atoms. The molecule has 2 N–H and O–H groups in total. The third-order valence-corrected chi connectivity index (χ3v) is 3.80. The Morgan fingerprint density at radius 3 is 2.73 bits per heavy atom. The van der Waals surface area contributed by atoms with Gasteiger partial charge in [0.2, 0.25) is 0 Å². The molecule has 0 aliphatic carbocycles. The van der Waals surface area contributed by atoms with Crippen LogP contribution in [0.3, 0.4) is 0 Å². The molecule has 0 bridgehead atoms. The van der Waals surface area contributed by atoms with Gasteiger partial charge >= 0.3 is 0 Å². The highest BCUT2D eigenvalue weighted by molar-refractivity contribution is 7.90. The molecule has 86 valence electrons. The van der Waals surface area contributed by atoms with E-state index in [2.05, 4.69) is 4.98 Å². The van der Waals surface area contributed by atoms with Crippen molar-refractivity contribution in [2.45, 2.75) is 6.54 Å². The molecule has 0 radical (unpaired) electrons. The first-order chi connectivity index (χ1) is 6.92. The smallest absolute Gasteiger partial charge is 0.185 e. The predicted molar refractivity (Wildman–Crippen MR) is 63.0 cm³/mol. The third kappa shape index (κ3) is 4.15. The first-order valence-corrected chi connectivity index (χ1v) is 7.39. The van der Waals surface area contributed by atoms with E-state index < -0.39 is 9.84 Å². The number of nitrogens with two attached hydrogens (primary N) is 1. The standard InChI is InChI=1S/C8H15N3O2S2/c1-11(3-4-15(2,12)13)8-10-7(5-9)6-14-8/h6H,3-5,9H2,1-2H3. The Kier molecular flexibility index (Phi) is 4.06. The first-order valence-electron chi connectivity index (χ1n) is 4.45. The zero-order valence-electron chi connectivity index (χ0n) is 8.80. The second-order valence-electron chi connectivity index (χ2n) is 3.38. The van der Waals surface area contributed by atoms with Gasteiger partial charge in [-0.25, -0.2) is 13.4 Å². The van der Waals surface area contributed by atoms with Crippen molar-refractivity contribution in [1.29, 1.82) is 0 Å². The Bertz CT molecular complexity index is 413. The number of hydrogen-bond donors (Lipinski definition) is 1. The van der Waals surface area contributed by atoms with Crippen molar-refractivity contribution in [3.8, 4) is 0 Å². The number of thiazole rings is 1. The van der Waals surface area contributed by atoms with Gasteiger partial charge in [-0.05, 0) is 0 Å². The van der Waals surface area contributed by atoms with Gasteiger partial charge < -0.3 is 10.6 Å². The van der Waals surface area contributed by atoms with E-state index in [1.165, 1.54) is 17.6 Å². The van der Waals surface area contributed by atoms with Crippen molar-refractivity contribution in [1.82, 2.24) is 4.98 Å². The zero-order valence-corrected chi connectivity index (χ0v) is 10.4. The topological polar surface area (TPSA) is 76.3 Å². The summed E-state index contributed by atoms with van der Waals surface area (Å²) in [6.45, 7) is 0.868. The van der Waals surface area contributed by atoms with Gasteiger partial charge in [-0.15, -0.1) is 11.3 Å². The molecule has 0 saturated heterocycles. The molecule has 15 heavy (non-hydrogen) atoms. The zero-order chi connectivity index (χ0) is 11.5. The summed E-state index contributed by atoms with van der Waals surface area (Å²) in [4.78, 5) is 6.08. The number of aromatic nitrogens is 1. The van der Waals surface area contributed by atoms with Crippen molar-refractivity contribution in [2.75, 3.05) is 30.5 Å². The first kappa shape index (κ1) is 12.4. The second-order valence-corrected chi connectivity index (χ2v) is 6.47. The SMILES string of the molecule is CN(CCS(C)(=O)=O)c1nc(CN)cs1. The van der Waals surface area contributed by atoms with E-state index in [4.69, 9.17) is 5.73 Å². The van der Waals surface area contributed by atoms with E-state index in [1.54, 1.807) is 0 Å². The van der Waals surface area contributed by atoms with Crippen LogP contribution < -0.4 is 10.6 Å². The van der Waals surface area contributed by atoms with Crippen LogP contribution in [0.25, 0.3) is 0 Å². The normalized spacial score (nSPS) is 11.7. The molecule has 7 heteroatoms. The molecule has 1 rings (SSSR count). The average molecular weight is 249 g/mol. The maximum Gasteiger partial charge on any atom is 0.185 e. The summed E-state index contributed by atoms with van der Waals surface area (Å²) in [5.41, 5.74) is 6.27. The fourth-order valence-electron chi connectivity index (χ4n) is 0.964. The third-order valence-electron chi connectivity index (χ3n) is 1.87. The Morgan fingerprint density at radius 1 is 1.60 bits per heavy atom. The van der Waals surface area contributed by atoms with Crippen LogP contribution in [0.15, 0.2) is 5.38 Å². The lowest BCUT2D eigenvalue weighted by atomic mass is 10.5. The number of rotatable bonds is 5. The lowest BCUT2D eigenvalue weighted by molar-refractivity contribution is 0.601. The highest BCUT2D eigenvalue weighted by atomic mass is 32.2. The molecule has 5 nitrogen and oxygen atoms in total. The van der Waals surface area contributed by atoms with Crippen molar-refractivity contribution in [2.24, 2.45) is 5.73 Å². The Balaban J connectivity index is 2.57. The van der Waals surface area contributed by atoms with E-state index >= 15 is 0 Å². The molecule has 0 aromatic carbocycles. The summed E-state index contributed by atoms with van der Waals surface area (Å²) in [6, 6.07) is 0. The van der Waals surface area contributed by atoms with Crippen LogP contribution in [0.1, 0.15) is 5.69 Å². The molecule has 0 atom stereocenters. The van der Waals surface area contributed by atoms with Gasteiger partial charge in [0.25, 0.3) is 0 Å². The van der Waals surface area contributed by atoms with Crippen LogP contribution in [-0.4, -0.2) is 39.0 Å². The van der Waals surface area contributed by atoms with Gasteiger partial charge in [-0.2, -0.15) is 0 Å². The number of nitrogens with zero attached hydrogens (tertiary/aromatic N) is 2. The van der Waals surface area contributed by atoms with Crippen LogP contribution in [0.5, 0.6) is 0 Å². The Labute approximate surface area is 93.8 Å². The molecule has 0 aliphatic rings. The van der Waals surface area contributed by atoms with Crippen LogP contribution in [0.4, 0.5) is 5.13 Å². The van der Waals surface area contributed by atoms with Gasteiger partial charge in [0.1, 0.15) is 9.84 Å². The minimum absolute atomic E-state index is 0.140. The largest absolute Gasteiger partial charge is 0.350 e. The number of hydrogen-bond acceptors (Lipinski definition) is 6. The molecule has 0 unspecified atom stereocenters. The van der Waals surface area contributed by atoms with E-state index in [0.717, 1.165) is 10.8 Å². The van der Waals surface area contributed by atoms with Crippen LogP contribution >= 0.6 is 11.3 Å². The second kappa shape index (κ2) is 4.91. The van der Waals surface area contributed by atoms with Crippen molar-refractivity contribution in [3.05, 3.63) is 11.1 Å². The minimum atomic E-state index is -2.92. The van der Waals surface area contributed by atoms with Gasteiger partial charge in [-0.1, -0.05) is 0 Å². The molecule has 1 heterocycles. The predicted octanol–water partition coefficient (Wildman–Crippen LogP) is 0.0826. The summed E-state index contributed by atoms with van der Waals surface area (Å²) < 4.78 is 21.9. The van der Waals surface area contributed by atoms with E-state index in [9.17, 15) is 8.42 Å². The quantitative estimate of drug-likeness (QED) is 0.800. The average Bonchev–Trinajstić information content (AvgIpc) is 2.61. The van der Waals surface area contributed by atoms with Gasteiger partial charge in [0, 0.05) is 31.8 Å². The van der Waals surface area contributed by atoms with Gasteiger partial charge in [0.15, 0.2) is 5.13 Å². The molecule has 0 saturated carbocycles.